The van der Waals surface area contributed by atoms with Crippen molar-refractivity contribution >= 4 is 35.3 Å². The molecule has 4 N–H and O–H groups in total. The van der Waals surface area contributed by atoms with Crippen LogP contribution in [-0.2, 0) is 23.7 Å². The second kappa shape index (κ2) is 17.7. The van der Waals surface area contributed by atoms with Crippen LogP contribution in [0, 0.1) is 11.3 Å². The Morgan fingerprint density at radius 3 is 1.59 bits per heavy atom. The Balaban J connectivity index is 1.29. The minimum absolute atomic E-state index is 0.294. The molecular weight excluding hydrogens is 692 g/mol. The van der Waals surface area contributed by atoms with Gasteiger partial charge in [-0.05, 0) is 47.5 Å². The number of benzene rings is 5. The third-order valence-corrected chi connectivity index (χ3v) is 8.49. The molecule has 0 bridgehead atoms. The topological polar surface area (TPSA) is 177 Å². The number of hydrogen-bond acceptors (Lipinski definition) is 10. The normalized spacial score (nSPS) is 19.0. The van der Waals surface area contributed by atoms with Crippen LogP contribution in [0.25, 0.3) is 22.3 Å². The molecule has 0 spiro atoms. The monoisotopic (exact) mass is 728 g/mol. The Labute approximate surface area is 311 Å². The van der Waals surface area contributed by atoms with Crippen molar-refractivity contribution in [2.24, 2.45) is 0 Å². The standard InChI is InChI=1S/C41H36N4O9/c1-50-38-37(54-41(49)45-33-19-11-9-17-31(33)28-14-6-3-7-15-28)36(53-40(48)44-32-18-10-8-16-30(32)27-12-4-2-5-13-27)35(34(25-46)51-38)52-39(47)43-29-22-20-26(24-42)21-23-29/h2-23,34-38,46H,25H2,1H3,(H,43,47)(H,44,48)(H,45,49)/t34-,35-,36+,37+,38+/m1/s1. The Morgan fingerprint density at radius 1 is 0.630 bits per heavy atom. The number of hydrogen-bond donors (Lipinski definition) is 4. The molecular formula is C41H36N4O9. The number of nitrogens with zero attached hydrogens (tertiary/aromatic N) is 1. The van der Waals surface area contributed by atoms with Crippen molar-refractivity contribution in [2.75, 3.05) is 29.7 Å². The van der Waals surface area contributed by atoms with Crippen molar-refractivity contribution < 1.29 is 43.2 Å². The molecule has 274 valence electrons. The summed E-state index contributed by atoms with van der Waals surface area (Å²) in [5.41, 5.74) is 4.58. The maximum Gasteiger partial charge on any atom is 0.412 e. The number of amides is 3. The molecule has 0 radical (unpaired) electrons. The summed E-state index contributed by atoms with van der Waals surface area (Å²) in [5, 5.41) is 27.5. The lowest BCUT2D eigenvalue weighted by Crippen LogP contribution is -2.63. The molecule has 6 rings (SSSR count). The van der Waals surface area contributed by atoms with E-state index in [1.807, 2.05) is 91.0 Å². The summed E-state index contributed by atoms with van der Waals surface area (Å²) in [4.78, 5) is 40.6. The van der Waals surface area contributed by atoms with Crippen molar-refractivity contribution in [1.82, 2.24) is 0 Å². The first kappa shape index (κ1) is 37.1. The summed E-state index contributed by atoms with van der Waals surface area (Å²) in [6, 6.07) is 40.9. The van der Waals surface area contributed by atoms with Gasteiger partial charge in [0, 0.05) is 23.9 Å². The van der Waals surface area contributed by atoms with Gasteiger partial charge >= 0.3 is 18.3 Å². The van der Waals surface area contributed by atoms with E-state index in [1.165, 1.54) is 31.4 Å². The van der Waals surface area contributed by atoms with Gasteiger partial charge in [-0.15, -0.1) is 0 Å². The highest BCUT2D eigenvalue weighted by atomic mass is 16.7. The molecule has 0 saturated carbocycles. The maximum atomic E-state index is 13.7. The molecule has 13 heteroatoms. The highest BCUT2D eigenvalue weighted by Gasteiger charge is 2.53. The van der Waals surface area contributed by atoms with Gasteiger partial charge in [-0.2, -0.15) is 5.26 Å². The molecule has 1 heterocycles. The van der Waals surface area contributed by atoms with Gasteiger partial charge < -0.3 is 28.8 Å². The van der Waals surface area contributed by atoms with Gasteiger partial charge in [0.1, 0.15) is 6.10 Å². The lowest BCUT2D eigenvalue weighted by atomic mass is 9.98. The third kappa shape index (κ3) is 9.01. The summed E-state index contributed by atoms with van der Waals surface area (Å²) in [6.07, 6.45) is -10.3. The zero-order valence-electron chi connectivity index (χ0n) is 29.0. The number of aliphatic hydroxyl groups is 1. The minimum atomic E-state index is -1.58. The number of carbonyl (C=O) groups excluding carboxylic acids is 3. The Hall–Kier alpha value is -6.72. The number of anilines is 3. The van der Waals surface area contributed by atoms with Crippen LogP contribution in [0.4, 0.5) is 31.4 Å². The van der Waals surface area contributed by atoms with Crippen LogP contribution in [0.15, 0.2) is 133 Å². The summed E-state index contributed by atoms with van der Waals surface area (Å²) in [6.45, 7) is -0.698. The number of ether oxygens (including phenoxy) is 5. The predicted molar refractivity (Wildman–Crippen MR) is 199 cm³/mol. The van der Waals surface area contributed by atoms with Gasteiger partial charge in [0.2, 0.25) is 0 Å². The van der Waals surface area contributed by atoms with Crippen molar-refractivity contribution in [1.29, 1.82) is 5.26 Å². The van der Waals surface area contributed by atoms with Crippen LogP contribution in [0.2, 0.25) is 0 Å². The predicted octanol–water partition coefficient (Wildman–Crippen LogP) is 7.41. The van der Waals surface area contributed by atoms with Crippen LogP contribution in [0.5, 0.6) is 0 Å². The Kier molecular flexibility index (Phi) is 12.1. The van der Waals surface area contributed by atoms with Crippen molar-refractivity contribution in [2.45, 2.75) is 30.7 Å². The highest BCUT2D eigenvalue weighted by Crippen LogP contribution is 2.33. The summed E-state index contributed by atoms with van der Waals surface area (Å²) >= 11 is 0. The molecule has 5 atom stereocenters. The molecule has 1 aliphatic heterocycles. The van der Waals surface area contributed by atoms with Gasteiger partial charge in [-0.1, -0.05) is 97.1 Å². The molecule has 0 aromatic heterocycles. The van der Waals surface area contributed by atoms with E-state index in [-0.39, 0.29) is 0 Å². The number of carbonyl (C=O) groups is 3. The molecule has 1 aliphatic rings. The smallest absolute Gasteiger partial charge is 0.412 e. The van der Waals surface area contributed by atoms with Crippen molar-refractivity contribution in [3.63, 3.8) is 0 Å². The number of para-hydroxylation sites is 2. The van der Waals surface area contributed by atoms with Gasteiger partial charge in [-0.3, -0.25) is 16.0 Å². The van der Waals surface area contributed by atoms with E-state index in [4.69, 9.17) is 28.9 Å². The maximum absolute atomic E-state index is 13.7. The summed E-state index contributed by atoms with van der Waals surface area (Å²) in [7, 11) is 1.28. The average Bonchev–Trinajstić information content (AvgIpc) is 3.20. The second-order valence-corrected chi connectivity index (χ2v) is 12.0. The highest BCUT2D eigenvalue weighted by molar-refractivity contribution is 5.93. The zero-order chi connectivity index (χ0) is 37.9. The molecule has 13 nitrogen and oxygen atoms in total. The van der Waals surface area contributed by atoms with Gasteiger partial charge in [0.15, 0.2) is 24.6 Å². The quantitative estimate of drug-likeness (QED) is 0.106. The second-order valence-electron chi connectivity index (χ2n) is 12.0. The Morgan fingerprint density at radius 2 is 1.09 bits per heavy atom. The fourth-order valence-electron chi connectivity index (χ4n) is 5.96. The SMILES string of the molecule is CO[C@H]1O[C@H](CO)[C@@H](OC(=O)Nc2ccc(C#N)cc2)[C@H](OC(=O)Nc2ccccc2-c2ccccc2)[C@@H]1OC(=O)Nc1ccccc1-c1ccccc1. The molecule has 54 heavy (non-hydrogen) atoms. The van der Waals surface area contributed by atoms with E-state index in [9.17, 15) is 19.5 Å². The number of aliphatic hydroxyl groups excluding tert-OH is 1. The average molecular weight is 729 g/mol. The summed E-state index contributed by atoms with van der Waals surface area (Å²) in [5.74, 6) is 0. The number of rotatable bonds is 10. The van der Waals surface area contributed by atoms with Crippen LogP contribution in [0.3, 0.4) is 0 Å². The van der Waals surface area contributed by atoms with E-state index in [0.717, 1.165) is 11.1 Å². The zero-order valence-corrected chi connectivity index (χ0v) is 29.0. The first-order valence-corrected chi connectivity index (χ1v) is 16.9. The molecule has 5 aromatic rings. The Bertz CT molecular complexity index is 2090. The fraction of sp³-hybridized carbons (Fsp3) is 0.171. The lowest BCUT2D eigenvalue weighted by Gasteiger charge is -2.43. The molecule has 3 amide bonds. The minimum Gasteiger partial charge on any atom is -0.439 e. The van der Waals surface area contributed by atoms with E-state index in [2.05, 4.69) is 16.0 Å². The van der Waals surface area contributed by atoms with E-state index < -0.39 is 55.6 Å². The molecule has 0 aliphatic carbocycles. The molecule has 0 unspecified atom stereocenters. The first-order chi connectivity index (χ1) is 26.4. The number of nitriles is 1. The largest absolute Gasteiger partial charge is 0.439 e. The molecule has 5 aromatic carbocycles. The lowest BCUT2D eigenvalue weighted by molar-refractivity contribution is -0.290. The summed E-state index contributed by atoms with van der Waals surface area (Å²) < 4.78 is 29.0. The van der Waals surface area contributed by atoms with Crippen LogP contribution >= 0.6 is 0 Å². The van der Waals surface area contributed by atoms with Crippen LogP contribution in [-0.4, -0.2) is 67.8 Å². The number of nitrogens with one attached hydrogen (secondary N) is 3. The van der Waals surface area contributed by atoms with E-state index in [1.54, 1.807) is 24.3 Å². The first-order valence-electron chi connectivity index (χ1n) is 16.9. The van der Waals surface area contributed by atoms with Crippen LogP contribution in [0.1, 0.15) is 5.56 Å². The fourth-order valence-corrected chi connectivity index (χ4v) is 5.96. The van der Waals surface area contributed by atoms with Crippen molar-refractivity contribution in [3.8, 4) is 28.3 Å². The van der Waals surface area contributed by atoms with Gasteiger partial charge in [-0.25, -0.2) is 14.4 Å². The van der Waals surface area contributed by atoms with Crippen molar-refractivity contribution in [3.05, 3.63) is 139 Å². The molecule has 1 fully saturated rings. The number of methoxy groups -OCH3 is 1. The van der Waals surface area contributed by atoms with Crippen LogP contribution < -0.4 is 16.0 Å². The van der Waals surface area contributed by atoms with Gasteiger partial charge in [0.25, 0.3) is 0 Å². The van der Waals surface area contributed by atoms with E-state index in [0.29, 0.717) is 33.8 Å². The molecule has 1 saturated heterocycles. The van der Waals surface area contributed by atoms with Gasteiger partial charge in [0.05, 0.1) is 29.6 Å². The van der Waals surface area contributed by atoms with E-state index >= 15 is 0 Å². The third-order valence-electron chi connectivity index (χ3n) is 8.49.